The summed E-state index contributed by atoms with van der Waals surface area (Å²) in [6, 6.07) is 0. The lowest BCUT2D eigenvalue weighted by Crippen LogP contribution is -2.21. The van der Waals surface area contributed by atoms with Crippen LogP contribution in [0.3, 0.4) is 0 Å². The first-order valence-corrected chi connectivity index (χ1v) is 5.63. The summed E-state index contributed by atoms with van der Waals surface area (Å²) >= 11 is 8.81. The molecule has 0 spiro atoms. The Bertz CT molecular complexity index is 577. The fraction of sp³-hybridized carbons (Fsp3) is 0.222. The van der Waals surface area contributed by atoms with E-state index in [9.17, 15) is 4.79 Å². The molecule has 84 valence electrons. The van der Waals surface area contributed by atoms with E-state index in [4.69, 9.17) is 11.6 Å². The Morgan fingerprint density at radius 2 is 2.31 bits per heavy atom. The Kier molecular flexibility index (Phi) is 3.11. The highest BCUT2D eigenvalue weighted by molar-refractivity contribution is 9.10. The molecule has 0 radical (unpaired) electrons. The standard InChI is InChI=1S/C9H8BrClN4O/c1-14-3-6(2-13-14)4-15-5-12-8(11)7(10)9(15)16/h2-3,5H,4H2,1H3. The van der Waals surface area contributed by atoms with Gasteiger partial charge in [0.25, 0.3) is 5.56 Å². The third-order valence-corrected chi connectivity index (χ3v) is 3.28. The maximum Gasteiger partial charge on any atom is 0.269 e. The van der Waals surface area contributed by atoms with Gasteiger partial charge in [-0.25, -0.2) is 4.98 Å². The predicted octanol–water partition coefficient (Wildman–Crippen LogP) is 1.44. The molecule has 0 bridgehead atoms. The minimum Gasteiger partial charge on any atom is -0.294 e. The minimum atomic E-state index is -0.205. The smallest absolute Gasteiger partial charge is 0.269 e. The van der Waals surface area contributed by atoms with E-state index in [1.807, 2.05) is 13.2 Å². The molecular formula is C9H8BrClN4O. The Balaban J connectivity index is 2.36. The summed E-state index contributed by atoms with van der Waals surface area (Å²) in [5.41, 5.74) is 0.726. The Hall–Kier alpha value is -1.14. The molecule has 0 amide bonds. The fourth-order valence-corrected chi connectivity index (χ4v) is 1.76. The first kappa shape index (κ1) is 11.3. The van der Waals surface area contributed by atoms with Gasteiger partial charge in [0.2, 0.25) is 0 Å². The van der Waals surface area contributed by atoms with Crippen LogP contribution in [-0.4, -0.2) is 19.3 Å². The summed E-state index contributed by atoms with van der Waals surface area (Å²) in [5, 5.41) is 4.20. The first-order chi connectivity index (χ1) is 7.58. The summed E-state index contributed by atoms with van der Waals surface area (Å²) in [6.45, 7) is 0.426. The van der Waals surface area contributed by atoms with Gasteiger partial charge in [0.1, 0.15) is 4.47 Å². The highest BCUT2D eigenvalue weighted by atomic mass is 79.9. The van der Waals surface area contributed by atoms with Crippen molar-refractivity contribution < 1.29 is 0 Å². The molecule has 2 aromatic rings. The molecule has 7 heteroatoms. The molecule has 0 aromatic carbocycles. The topological polar surface area (TPSA) is 52.7 Å². The van der Waals surface area contributed by atoms with Gasteiger partial charge in [0.15, 0.2) is 5.15 Å². The monoisotopic (exact) mass is 302 g/mol. The zero-order valence-electron chi connectivity index (χ0n) is 8.39. The van der Waals surface area contributed by atoms with Crippen molar-refractivity contribution in [1.29, 1.82) is 0 Å². The molecule has 0 N–H and O–H groups in total. The lowest BCUT2D eigenvalue weighted by atomic mass is 10.3. The SMILES string of the molecule is Cn1cc(Cn2cnc(Cl)c(Br)c2=O)cn1. The highest BCUT2D eigenvalue weighted by Crippen LogP contribution is 2.13. The molecule has 0 fully saturated rings. The van der Waals surface area contributed by atoms with Crippen LogP contribution in [0.4, 0.5) is 0 Å². The Labute approximate surface area is 105 Å². The number of rotatable bonds is 2. The maximum absolute atomic E-state index is 11.8. The van der Waals surface area contributed by atoms with Crippen LogP contribution >= 0.6 is 27.5 Å². The second kappa shape index (κ2) is 4.39. The summed E-state index contributed by atoms with van der Waals surface area (Å²) in [4.78, 5) is 15.7. The quantitative estimate of drug-likeness (QED) is 0.789. The Morgan fingerprint density at radius 3 is 2.94 bits per heavy atom. The second-order valence-electron chi connectivity index (χ2n) is 3.30. The molecule has 0 atom stereocenters. The van der Waals surface area contributed by atoms with E-state index in [-0.39, 0.29) is 15.2 Å². The summed E-state index contributed by atoms with van der Waals surface area (Å²) in [5.74, 6) is 0. The van der Waals surface area contributed by atoms with E-state index in [1.54, 1.807) is 10.9 Å². The van der Waals surface area contributed by atoms with Gasteiger partial charge in [-0.2, -0.15) is 5.10 Å². The van der Waals surface area contributed by atoms with Crippen LogP contribution in [0.25, 0.3) is 0 Å². The van der Waals surface area contributed by atoms with Gasteiger partial charge in [-0.05, 0) is 15.9 Å². The molecule has 0 saturated carbocycles. The molecule has 16 heavy (non-hydrogen) atoms. The van der Waals surface area contributed by atoms with Crippen LogP contribution in [0, 0.1) is 0 Å². The van der Waals surface area contributed by atoms with Crippen molar-refractivity contribution in [2.75, 3.05) is 0 Å². The largest absolute Gasteiger partial charge is 0.294 e. The second-order valence-corrected chi connectivity index (χ2v) is 4.46. The van der Waals surface area contributed by atoms with Crippen LogP contribution in [0.2, 0.25) is 5.15 Å². The number of aryl methyl sites for hydroxylation is 1. The van der Waals surface area contributed by atoms with Crippen molar-refractivity contribution in [3.8, 4) is 0 Å². The Morgan fingerprint density at radius 1 is 1.56 bits per heavy atom. The van der Waals surface area contributed by atoms with E-state index in [2.05, 4.69) is 26.0 Å². The van der Waals surface area contributed by atoms with Crippen LogP contribution in [0.1, 0.15) is 5.56 Å². The predicted molar refractivity (Wildman–Crippen MR) is 63.5 cm³/mol. The fourth-order valence-electron chi connectivity index (χ4n) is 1.31. The summed E-state index contributed by atoms with van der Waals surface area (Å²) in [7, 11) is 1.82. The van der Waals surface area contributed by atoms with Gasteiger partial charge in [-0.1, -0.05) is 11.6 Å². The summed E-state index contributed by atoms with van der Waals surface area (Å²) in [6.07, 6.45) is 4.96. The van der Waals surface area contributed by atoms with Gasteiger partial charge in [0.05, 0.1) is 19.1 Å². The molecule has 0 unspecified atom stereocenters. The van der Waals surface area contributed by atoms with Gasteiger partial charge < -0.3 is 0 Å². The van der Waals surface area contributed by atoms with Crippen LogP contribution in [0.5, 0.6) is 0 Å². The molecule has 2 heterocycles. The van der Waals surface area contributed by atoms with Crippen molar-refractivity contribution in [3.05, 3.63) is 44.3 Å². The van der Waals surface area contributed by atoms with E-state index < -0.39 is 0 Å². The van der Waals surface area contributed by atoms with E-state index in [0.29, 0.717) is 6.54 Å². The molecule has 2 rings (SSSR count). The van der Waals surface area contributed by atoms with Crippen molar-refractivity contribution in [1.82, 2.24) is 19.3 Å². The lowest BCUT2D eigenvalue weighted by Gasteiger charge is -2.03. The van der Waals surface area contributed by atoms with Crippen molar-refractivity contribution in [2.45, 2.75) is 6.54 Å². The van der Waals surface area contributed by atoms with Gasteiger partial charge in [0, 0.05) is 18.8 Å². The van der Waals surface area contributed by atoms with Crippen molar-refractivity contribution >= 4 is 27.5 Å². The van der Waals surface area contributed by atoms with E-state index >= 15 is 0 Å². The van der Waals surface area contributed by atoms with Gasteiger partial charge >= 0.3 is 0 Å². The average molecular weight is 304 g/mol. The molecule has 0 aliphatic rings. The number of hydrogen-bond donors (Lipinski definition) is 0. The van der Waals surface area contributed by atoms with Gasteiger partial charge in [-0.3, -0.25) is 14.0 Å². The van der Waals surface area contributed by atoms with Crippen LogP contribution in [-0.2, 0) is 13.6 Å². The minimum absolute atomic E-state index is 0.174. The maximum atomic E-state index is 11.8. The zero-order valence-corrected chi connectivity index (χ0v) is 10.7. The number of hydrogen-bond acceptors (Lipinski definition) is 3. The average Bonchev–Trinajstić information content (AvgIpc) is 2.65. The van der Waals surface area contributed by atoms with Crippen molar-refractivity contribution in [3.63, 3.8) is 0 Å². The normalized spacial score (nSPS) is 10.7. The van der Waals surface area contributed by atoms with E-state index in [0.717, 1.165) is 5.56 Å². The van der Waals surface area contributed by atoms with Gasteiger partial charge in [-0.15, -0.1) is 0 Å². The van der Waals surface area contributed by atoms with Crippen molar-refractivity contribution in [2.24, 2.45) is 7.05 Å². The van der Waals surface area contributed by atoms with Crippen LogP contribution < -0.4 is 5.56 Å². The third-order valence-electron chi connectivity index (χ3n) is 2.05. The molecule has 0 aliphatic carbocycles. The molecule has 2 aromatic heterocycles. The zero-order chi connectivity index (χ0) is 11.7. The third kappa shape index (κ3) is 2.17. The number of halogens is 2. The molecular weight excluding hydrogens is 295 g/mol. The highest BCUT2D eigenvalue weighted by Gasteiger charge is 2.07. The first-order valence-electron chi connectivity index (χ1n) is 4.46. The van der Waals surface area contributed by atoms with Crippen LogP contribution in [0.15, 0.2) is 28.0 Å². The lowest BCUT2D eigenvalue weighted by molar-refractivity contribution is 0.727. The summed E-state index contributed by atoms with van der Waals surface area (Å²) < 4.78 is 3.42. The molecule has 0 saturated heterocycles. The molecule has 0 aliphatic heterocycles. The van der Waals surface area contributed by atoms with E-state index in [1.165, 1.54) is 10.9 Å². The number of nitrogens with zero attached hydrogens (tertiary/aromatic N) is 4. The number of aromatic nitrogens is 4. The molecule has 5 nitrogen and oxygen atoms in total.